The zero-order chi connectivity index (χ0) is 15.7. The molecule has 2 rings (SSSR count). The monoisotopic (exact) mass is 319 g/mol. The largest absolute Gasteiger partial charge is 0.512 e. The predicted octanol–water partition coefficient (Wildman–Crippen LogP) is 5.03. The van der Waals surface area contributed by atoms with E-state index in [1.54, 1.807) is 24.3 Å². The summed E-state index contributed by atoms with van der Waals surface area (Å²) in [7, 11) is -3.45. The van der Waals surface area contributed by atoms with Gasteiger partial charge in [-0.2, -0.15) is 0 Å². The van der Waals surface area contributed by atoms with Gasteiger partial charge in [0.25, 0.3) is 0 Å². The molecule has 0 aliphatic heterocycles. The molecular formula is C17H22NO3P. The van der Waals surface area contributed by atoms with E-state index < -0.39 is 7.75 Å². The van der Waals surface area contributed by atoms with Gasteiger partial charge >= 0.3 is 7.75 Å². The molecule has 0 aromatic heterocycles. The Bertz CT molecular complexity index is 544. The van der Waals surface area contributed by atoms with E-state index in [1.807, 2.05) is 36.4 Å². The first-order valence-corrected chi connectivity index (χ1v) is 9.10. The van der Waals surface area contributed by atoms with Gasteiger partial charge in [0.15, 0.2) is 0 Å². The molecule has 0 aliphatic carbocycles. The number of hydrogen-bond donors (Lipinski definition) is 1. The third-order valence-electron chi connectivity index (χ3n) is 3.02. The summed E-state index contributed by atoms with van der Waals surface area (Å²) in [5, 5.41) is 2.94. The van der Waals surface area contributed by atoms with Gasteiger partial charge in [0, 0.05) is 6.54 Å². The second kappa shape index (κ2) is 8.62. The summed E-state index contributed by atoms with van der Waals surface area (Å²) in [6, 6.07) is 18.1. The van der Waals surface area contributed by atoms with Gasteiger partial charge < -0.3 is 9.05 Å². The Balaban J connectivity index is 2.07. The predicted molar refractivity (Wildman–Crippen MR) is 89.3 cm³/mol. The second-order valence-corrected chi connectivity index (χ2v) is 6.60. The molecule has 0 saturated carbocycles. The summed E-state index contributed by atoms with van der Waals surface area (Å²) in [5.41, 5.74) is 0. The number of benzene rings is 2. The number of rotatable bonds is 9. The van der Waals surface area contributed by atoms with Crippen LogP contribution >= 0.6 is 7.75 Å². The van der Waals surface area contributed by atoms with Crippen LogP contribution in [0.2, 0.25) is 0 Å². The molecule has 5 heteroatoms. The van der Waals surface area contributed by atoms with Crippen molar-refractivity contribution in [1.82, 2.24) is 5.09 Å². The first-order valence-electron chi connectivity index (χ1n) is 7.56. The van der Waals surface area contributed by atoms with Gasteiger partial charge in [0.1, 0.15) is 11.5 Å². The van der Waals surface area contributed by atoms with E-state index in [0.29, 0.717) is 18.0 Å². The molecule has 0 atom stereocenters. The highest BCUT2D eigenvalue weighted by atomic mass is 31.2. The van der Waals surface area contributed by atoms with Crippen molar-refractivity contribution in [2.45, 2.75) is 26.2 Å². The molecule has 0 spiro atoms. The van der Waals surface area contributed by atoms with E-state index in [-0.39, 0.29) is 0 Å². The summed E-state index contributed by atoms with van der Waals surface area (Å²) in [5.74, 6) is 1.04. The number of para-hydroxylation sites is 2. The molecule has 2 aromatic carbocycles. The van der Waals surface area contributed by atoms with E-state index in [4.69, 9.17) is 9.05 Å². The molecular weight excluding hydrogens is 297 g/mol. The zero-order valence-corrected chi connectivity index (χ0v) is 13.7. The van der Waals surface area contributed by atoms with Crippen LogP contribution in [0, 0.1) is 0 Å². The van der Waals surface area contributed by atoms with Crippen LogP contribution in [0.5, 0.6) is 11.5 Å². The molecule has 0 saturated heterocycles. The topological polar surface area (TPSA) is 47.6 Å². The Kier molecular flexibility index (Phi) is 6.50. The molecule has 0 bridgehead atoms. The van der Waals surface area contributed by atoms with Crippen LogP contribution in [0.4, 0.5) is 0 Å². The van der Waals surface area contributed by atoms with Crippen molar-refractivity contribution in [2.24, 2.45) is 0 Å². The molecule has 22 heavy (non-hydrogen) atoms. The van der Waals surface area contributed by atoms with E-state index in [2.05, 4.69) is 12.0 Å². The number of hydrogen-bond acceptors (Lipinski definition) is 3. The lowest BCUT2D eigenvalue weighted by atomic mass is 10.3. The van der Waals surface area contributed by atoms with Gasteiger partial charge in [0.05, 0.1) is 0 Å². The Morgan fingerprint density at radius 2 is 1.36 bits per heavy atom. The van der Waals surface area contributed by atoms with Gasteiger partial charge in [0.2, 0.25) is 0 Å². The molecule has 0 aliphatic rings. The molecule has 0 radical (unpaired) electrons. The highest BCUT2D eigenvalue weighted by Crippen LogP contribution is 2.44. The second-order valence-electron chi connectivity index (χ2n) is 4.92. The van der Waals surface area contributed by atoms with Crippen LogP contribution in [0.1, 0.15) is 26.2 Å². The SMILES string of the molecule is CCCCCNP(=O)(Oc1ccccc1)Oc1ccccc1. The van der Waals surface area contributed by atoms with Crippen molar-refractivity contribution in [3.63, 3.8) is 0 Å². The maximum absolute atomic E-state index is 13.0. The standard InChI is InChI=1S/C17H22NO3P/c1-2-3-10-15-18-22(19,20-16-11-6-4-7-12-16)21-17-13-8-5-9-14-17/h4-9,11-14H,2-3,10,15H2,1H3,(H,18,19). The fraction of sp³-hybridized carbons (Fsp3) is 0.294. The minimum absolute atomic E-state index is 0.518. The summed E-state index contributed by atoms with van der Waals surface area (Å²) in [6.07, 6.45) is 3.10. The Hall–Kier alpha value is -1.77. The molecule has 0 amide bonds. The Labute approximate surface area is 132 Å². The molecule has 4 nitrogen and oxygen atoms in total. The smallest absolute Gasteiger partial charge is 0.405 e. The minimum atomic E-state index is -3.45. The lowest BCUT2D eigenvalue weighted by molar-refractivity contribution is 0.370. The third kappa shape index (κ3) is 5.55. The van der Waals surface area contributed by atoms with Gasteiger partial charge in [-0.3, -0.25) is 0 Å². The molecule has 1 N–H and O–H groups in total. The average molecular weight is 319 g/mol. The fourth-order valence-electron chi connectivity index (χ4n) is 1.91. The first-order chi connectivity index (χ1) is 10.7. The summed E-state index contributed by atoms with van der Waals surface area (Å²) in [6.45, 7) is 2.71. The van der Waals surface area contributed by atoms with Crippen molar-refractivity contribution >= 4 is 7.75 Å². The summed E-state index contributed by atoms with van der Waals surface area (Å²) < 4.78 is 24.2. The minimum Gasteiger partial charge on any atom is -0.405 e. The zero-order valence-electron chi connectivity index (χ0n) is 12.8. The molecule has 0 fully saturated rings. The van der Waals surface area contributed by atoms with E-state index >= 15 is 0 Å². The summed E-state index contributed by atoms with van der Waals surface area (Å²) >= 11 is 0. The van der Waals surface area contributed by atoms with Crippen molar-refractivity contribution in [2.75, 3.05) is 6.54 Å². The third-order valence-corrected chi connectivity index (χ3v) is 4.54. The molecule has 0 heterocycles. The van der Waals surface area contributed by atoms with Crippen LogP contribution in [0.15, 0.2) is 60.7 Å². The van der Waals surface area contributed by atoms with Crippen LogP contribution in [0.3, 0.4) is 0 Å². The highest BCUT2D eigenvalue weighted by molar-refractivity contribution is 7.52. The van der Waals surface area contributed by atoms with Gasteiger partial charge in [-0.05, 0) is 30.7 Å². The van der Waals surface area contributed by atoms with Crippen LogP contribution in [0.25, 0.3) is 0 Å². The van der Waals surface area contributed by atoms with E-state index in [1.165, 1.54) is 0 Å². The summed E-state index contributed by atoms with van der Waals surface area (Å²) in [4.78, 5) is 0. The Morgan fingerprint density at radius 3 is 1.82 bits per heavy atom. The van der Waals surface area contributed by atoms with Gasteiger partial charge in [-0.25, -0.2) is 9.65 Å². The number of nitrogens with one attached hydrogen (secondary N) is 1. The maximum atomic E-state index is 13.0. The molecule has 118 valence electrons. The van der Waals surface area contributed by atoms with Crippen LogP contribution in [-0.4, -0.2) is 6.54 Å². The fourth-order valence-corrected chi connectivity index (χ4v) is 3.31. The van der Waals surface area contributed by atoms with Crippen molar-refractivity contribution in [3.05, 3.63) is 60.7 Å². The first kappa shape index (κ1) is 16.6. The highest BCUT2D eigenvalue weighted by Gasteiger charge is 2.27. The average Bonchev–Trinajstić information content (AvgIpc) is 2.53. The van der Waals surface area contributed by atoms with Gasteiger partial charge in [-0.15, -0.1) is 0 Å². The molecule has 0 unspecified atom stereocenters. The lowest BCUT2D eigenvalue weighted by Crippen LogP contribution is -2.19. The van der Waals surface area contributed by atoms with Crippen molar-refractivity contribution < 1.29 is 13.6 Å². The van der Waals surface area contributed by atoms with Crippen LogP contribution < -0.4 is 14.1 Å². The van der Waals surface area contributed by atoms with Crippen molar-refractivity contribution in [3.8, 4) is 11.5 Å². The normalized spacial score (nSPS) is 11.1. The Morgan fingerprint density at radius 1 is 0.864 bits per heavy atom. The van der Waals surface area contributed by atoms with Gasteiger partial charge in [-0.1, -0.05) is 56.2 Å². The van der Waals surface area contributed by atoms with Crippen molar-refractivity contribution in [1.29, 1.82) is 0 Å². The van der Waals surface area contributed by atoms with Crippen LogP contribution in [-0.2, 0) is 4.57 Å². The quantitative estimate of drug-likeness (QED) is 0.520. The lowest BCUT2D eigenvalue weighted by Gasteiger charge is -2.20. The molecule has 2 aromatic rings. The maximum Gasteiger partial charge on any atom is 0.512 e. The van der Waals surface area contributed by atoms with E-state index in [9.17, 15) is 4.57 Å². The van der Waals surface area contributed by atoms with E-state index in [0.717, 1.165) is 19.3 Å². The number of unbranched alkanes of at least 4 members (excludes halogenated alkanes) is 2.